The third-order valence-electron chi connectivity index (χ3n) is 11.3. The molecule has 0 spiro atoms. The molecule has 62 heavy (non-hydrogen) atoms. The number of carbonyl (C=O) groups excluding carboxylic acids is 5. The number of thioether (sulfide) groups is 1. The SMILES string of the molecule is CC(C)(C)CC(=O)CN1CCN(CC(=O)NCCCCCCNCCCCC[C@@H]2SCC3(C)NC(=O)NC23)CCN(CC(=O)OC(C)(C)C)CCN(CC(=O)OC(C)(C)C)CC1. The van der Waals surface area contributed by atoms with Crippen LogP contribution in [0.15, 0.2) is 0 Å². The Bertz CT molecular complexity index is 1370. The number of rotatable bonds is 22. The first kappa shape index (κ1) is 53.8. The van der Waals surface area contributed by atoms with Gasteiger partial charge in [0.1, 0.15) is 17.0 Å². The number of hydrogen-bond acceptors (Lipinski definition) is 13. The van der Waals surface area contributed by atoms with Crippen LogP contribution >= 0.6 is 11.8 Å². The predicted octanol–water partition coefficient (Wildman–Crippen LogP) is 4.28. The van der Waals surface area contributed by atoms with Crippen molar-refractivity contribution in [3.05, 3.63) is 0 Å². The van der Waals surface area contributed by atoms with E-state index in [4.69, 9.17) is 9.47 Å². The van der Waals surface area contributed by atoms with Crippen LogP contribution in [0, 0.1) is 5.41 Å². The molecule has 4 N–H and O–H groups in total. The van der Waals surface area contributed by atoms with Crippen LogP contribution < -0.4 is 21.3 Å². The molecule has 0 aromatic carbocycles. The zero-order valence-electron chi connectivity index (χ0n) is 40.4. The number of ketones is 1. The summed E-state index contributed by atoms with van der Waals surface area (Å²) in [6, 6.07) is 0.218. The lowest BCUT2D eigenvalue weighted by molar-refractivity contribution is -0.158. The van der Waals surface area contributed by atoms with Gasteiger partial charge in [0.2, 0.25) is 5.91 Å². The molecule has 2 unspecified atom stereocenters. The van der Waals surface area contributed by atoms with E-state index in [-0.39, 0.29) is 66.3 Å². The van der Waals surface area contributed by atoms with Crippen LogP contribution in [-0.2, 0) is 28.7 Å². The summed E-state index contributed by atoms with van der Waals surface area (Å²) in [6.45, 7) is 27.3. The minimum absolute atomic E-state index is 0.0246. The van der Waals surface area contributed by atoms with Crippen LogP contribution in [0.5, 0.6) is 0 Å². The lowest BCUT2D eigenvalue weighted by Crippen LogP contribution is -2.50. The van der Waals surface area contributed by atoms with Gasteiger partial charge in [-0.15, -0.1) is 0 Å². The van der Waals surface area contributed by atoms with Crippen molar-refractivity contribution < 1.29 is 33.4 Å². The number of amides is 3. The lowest BCUT2D eigenvalue weighted by atomic mass is 9.90. The third-order valence-corrected chi connectivity index (χ3v) is 13.0. The fourth-order valence-corrected chi connectivity index (χ4v) is 9.97. The molecule has 358 valence electrons. The van der Waals surface area contributed by atoms with Crippen molar-refractivity contribution >= 4 is 41.4 Å². The Hall–Kier alpha value is -2.50. The second kappa shape index (κ2) is 25.8. The van der Waals surface area contributed by atoms with Gasteiger partial charge in [-0.2, -0.15) is 11.8 Å². The highest BCUT2D eigenvalue weighted by atomic mass is 32.2. The maximum atomic E-state index is 13.3. The van der Waals surface area contributed by atoms with Gasteiger partial charge in [-0.3, -0.25) is 38.8 Å². The Morgan fingerprint density at radius 3 is 1.60 bits per heavy atom. The van der Waals surface area contributed by atoms with Crippen LogP contribution in [0.4, 0.5) is 4.79 Å². The molecular weight excluding hydrogens is 809 g/mol. The highest BCUT2D eigenvalue weighted by molar-refractivity contribution is 8.00. The maximum Gasteiger partial charge on any atom is 0.320 e. The van der Waals surface area contributed by atoms with Crippen molar-refractivity contribution in [2.24, 2.45) is 5.41 Å². The van der Waals surface area contributed by atoms with Crippen molar-refractivity contribution in [1.82, 2.24) is 40.9 Å². The first-order valence-corrected chi connectivity index (χ1v) is 24.6. The van der Waals surface area contributed by atoms with E-state index < -0.39 is 11.2 Å². The minimum atomic E-state index is -0.615. The molecule has 3 aliphatic rings. The zero-order chi connectivity index (χ0) is 46.0. The summed E-state index contributed by atoms with van der Waals surface area (Å²) in [7, 11) is 0. The van der Waals surface area contributed by atoms with Crippen LogP contribution in [0.3, 0.4) is 0 Å². The van der Waals surface area contributed by atoms with E-state index >= 15 is 0 Å². The van der Waals surface area contributed by atoms with Crippen LogP contribution in [0.2, 0.25) is 0 Å². The predicted molar refractivity (Wildman–Crippen MR) is 249 cm³/mol. The standard InChI is InChI=1S/C46H86N8O7S/c1-43(2,3)30-36(55)31-51-22-24-52(25-27-54(34-40(58)61-45(7,8)9)29-28-53(26-23-51)33-39(57)60-44(4,5)6)32-38(56)48-21-17-12-11-15-19-47-20-16-13-14-18-37-41-46(10,35-62-37)50-42(59)49-41/h37,41,47H,11-35H2,1-10H3,(H,48,56)(H2,49,50,59)/t37-,41?,46?/m0/s1. The maximum absolute atomic E-state index is 13.3. The van der Waals surface area contributed by atoms with Gasteiger partial charge < -0.3 is 30.7 Å². The number of nitrogens with one attached hydrogen (secondary N) is 4. The van der Waals surface area contributed by atoms with Gasteiger partial charge in [-0.25, -0.2) is 4.79 Å². The molecule has 3 rings (SSSR count). The minimum Gasteiger partial charge on any atom is -0.459 e. The number of urea groups is 1. The first-order valence-electron chi connectivity index (χ1n) is 23.5. The highest BCUT2D eigenvalue weighted by Gasteiger charge is 2.51. The van der Waals surface area contributed by atoms with Crippen molar-refractivity contribution in [3.8, 4) is 0 Å². The summed E-state index contributed by atoms with van der Waals surface area (Å²) >= 11 is 1.98. The Morgan fingerprint density at radius 1 is 0.661 bits per heavy atom. The summed E-state index contributed by atoms with van der Waals surface area (Å²) in [5, 5.41) is 13.4. The van der Waals surface area contributed by atoms with Crippen molar-refractivity contribution in [3.63, 3.8) is 0 Å². The third kappa shape index (κ3) is 22.9. The quantitative estimate of drug-likeness (QED) is 0.0693. The van der Waals surface area contributed by atoms with Gasteiger partial charge in [0.25, 0.3) is 0 Å². The van der Waals surface area contributed by atoms with Crippen molar-refractivity contribution in [1.29, 1.82) is 0 Å². The number of unbranched alkanes of at least 4 members (excludes halogenated alkanes) is 5. The van der Waals surface area contributed by atoms with E-state index in [1.54, 1.807) is 0 Å². The fraction of sp³-hybridized carbons (Fsp3) is 0.891. The summed E-state index contributed by atoms with van der Waals surface area (Å²) in [6.07, 6.45) is 9.36. The van der Waals surface area contributed by atoms with Crippen LogP contribution in [0.1, 0.15) is 127 Å². The highest BCUT2D eigenvalue weighted by Crippen LogP contribution is 2.39. The Kier molecular flexibility index (Phi) is 22.4. The van der Waals surface area contributed by atoms with Crippen molar-refractivity contribution in [2.45, 2.75) is 155 Å². The number of fused-ring (bicyclic) bond motifs is 1. The first-order chi connectivity index (χ1) is 29.0. The van der Waals surface area contributed by atoms with Gasteiger partial charge in [0, 0.05) is 76.3 Å². The number of carbonyl (C=O) groups is 5. The largest absolute Gasteiger partial charge is 0.459 e. The summed E-state index contributed by atoms with van der Waals surface area (Å²) in [4.78, 5) is 72.7. The molecule has 3 saturated heterocycles. The van der Waals surface area contributed by atoms with E-state index in [1.807, 2.05) is 63.1 Å². The van der Waals surface area contributed by atoms with E-state index in [0.717, 1.165) is 57.4 Å². The average molecular weight is 895 g/mol. The van der Waals surface area contributed by atoms with Gasteiger partial charge in [-0.05, 0) is 92.7 Å². The van der Waals surface area contributed by atoms with Gasteiger partial charge in [0.15, 0.2) is 0 Å². The van der Waals surface area contributed by atoms with E-state index in [0.29, 0.717) is 77.1 Å². The lowest BCUT2D eigenvalue weighted by Gasteiger charge is -2.34. The van der Waals surface area contributed by atoms with Gasteiger partial charge in [0.05, 0.1) is 37.8 Å². The second-order valence-electron chi connectivity index (χ2n) is 21.3. The Labute approximate surface area is 379 Å². The molecule has 0 aromatic rings. The summed E-state index contributed by atoms with van der Waals surface area (Å²) < 4.78 is 11.3. The number of hydrogen-bond donors (Lipinski definition) is 4. The van der Waals surface area contributed by atoms with Gasteiger partial charge in [-0.1, -0.05) is 46.5 Å². The molecule has 3 amide bonds. The van der Waals surface area contributed by atoms with Gasteiger partial charge >= 0.3 is 18.0 Å². The van der Waals surface area contributed by atoms with E-state index in [2.05, 4.69) is 58.8 Å². The van der Waals surface area contributed by atoms with Crippen LogP contribution in [0.25, 0.3) is 0 Å². The monoisotopic (exact) mass is 895 g/mol. The molecule has 0 bridgehead atoms. The Balaban J connectivity index is 1.45. The molecular formula is C46H86N8O7S. The molecule has 3 heterocycles. The number of nitrogens with zero attached hydrogens (tertiary/aromatic N) is 4. The number of Topliss-reactive ketones (excluding diaryl/α,β-unsaturated/α-hetero) is 1. The topological polar surface area (TPSA) is 165 Å². The van der Waals surface area contributed by atoms with Crippen LogP contribution in [-0.4, -0.2) is 181 Å². The normalized spacial score (nSPS) is 22.8. The molecule has 16 heteroatoms. The van der Waals surface area contributed by atoms with E-state index in [1.165, 1.54) is 12.8 Å². The molecule has 3 fully saturated rings. The Morgan fingerprint density at radius 2 is 1.11 bits per heavy atom. The molecule has 3 atom stereocenters. The average Bonchev–Trinajstić information content (AvgIpc) is 3.59. The zero-order valence-corrected chi connectivity index (χ0v) is 41.2. The molecule has 15 nitrogen and oxygen atoms in total. The molecule has 0 aromatic heterocycles. The number of esters is 2. The summed E-state index contributed by atoms with van der Waals surface area (Å²) in [5.74, 6) is 0.501. The smallest absolute Gasteiger partial charge is 0.320 e. The van der Waals surface area contributed by atoms with Crippen molar-refractivity contribution in [2.75, 3.05) is 104 Å². The number of ether oxygens (including phenoxy) is 2. The molecule has 0 saturated carbocycles. The summed E-state index contributed by atoms with van der Waals surface area (Å²) in [5.41, 5.74) is -1.45. The molecule has 3 aliphatic heterocycles. The fourth-order valence-electron chi connectivity index (χ4n) is 8.26. The molecule has 0 aliphatic carbocycles. The van der Waals surface area contributed by atoms with E-state index in [9.17, 15) is 24.0 Å². The second-order valence-corrected chi connectivity index (χ2v) is 22.5. The molecule has 0 radical (unpaired) electrons.